The van der Waals surface area contributed by atoms with Crippen molar-refractivity contribution in [1.82, 2.24) is 4.31 Å². The number of amides is 1. The Labute approximate surface area is 173 Å². The van der Waals surface area contributed by atoms with Gasteiger partial charge in [-0.15, -0.1) is 0 Å². The quantitative estimate of drug-likeness (QED) is 0.550. The molecule has 1 amide bonds. The number of anilines is 1. The molecule has 1 atom stereocenters. The van der Waals surface area contributed by atoms with Crippen LogP contribution < -0.4 is 5.32 Å². The fourth-order valence-corrected chi connectivity index (χ4v) is 5.09. The van der Waals surface area contributed by atoms with Crippen LogP contribution in [0.3, 0.4) is 0 Å². The highest BCUT2D eigenvalue weighted by molar-refractivity contribution is 7.88. The molecule has 2 aromatic carbocycles. The van der Waals surface area contributed by atoms with E-state index >= 15 is 0 Å². The summed E-state index contributed by atoms with van der Waals surface area (Å²) < 4.78 is 26.9. The van der Waals surface area contributed by atoms with E-state index in [-0.39, 0.29) is 23.9 Å². The van der Waals surface area contributed by atoms with Gasteiger partial charge in [0.25, 0.3) is 5.69 Å². The molecule has 0 bridgehead atoms. The third kappa shape index (κ3) is 5.53. The Morgan fingerprint density at radius 1 is 1.24 bits per heavy atom. The van der Waals surface area contributed by atoms with Gasteiger partial charge in [0.15, 0.2) is 0 Å². The first-order valence-corrected chi connectivity index (χ1v) is 11.0. The number of non-ortho nitro benzene ring substituents is 1. The standard InChI is InChI=1S/C19H20ClN3O5S/c20-16-6-1-4-14(10-16)13-29(27,28)22-9-3-5-15(12-22)19(24)21-17-7-2-8-18(11-17)23(25)26/h1-2,4,6-8,10-11,15H,3,5,9,12-13H2,(H,21,24)/t15-/m1/s1. The number of piperidine rings is 1. The van der Waals surface area contributed by atoms with Gasteiger partial charge in [0.1, 0.15) is 0 Å². The van der Waals surface area contributed by atoms with E-state index in [1.807, 2.05) is 0 Å². The summed E-state index contributed by atoms with van der Waals surface area (Å²) >= 11 is 5.93. The molecule has 1 aliphatic rings. The molecule has 29 heavy (non-hydrogen) atoms. The van der Waals surface area contributed by atoms with Crippen molar-refractivity contribution < 1.29 is 18.1 Å². The zero-order valence-corrected chi connectivity index (χ0v) is 17.0. The van der Waals surface area contributed by atoms with Gasteiger partial charge in [-0.3, -0.25) is 14.9 Å². The molecule has 1 fully saturated rings. The van der Waals surface area contributed by atoms with E-state index in [9.17, 15) is 23.3 Å². The van der Waals surface area contributed by atoms with Gasteiger partial charge in [0.2, 0.25) is 15.9 Å². The predicted molar refractivity (Wildman–Crippen MR) is 110 cm³/mol. The number of nitro benzene ring substituents is 1. The third-order valence-electron chi connectivity index (χ3n) is 4.71. The van der Waals surface area contributed by atoms with Gasteiger partial charge in [-0.2, -0.15) is 0 Å². The van der Waals surface area contributed by atoms with E-state index in [0.717, 1.165) is 0 Å². The number of nitrogens with zero attached hydrogens (tertiary/aromatic N) is 2. The van der Waals surface area contributed by atoms with Crippen LogP contribution in [0.25, 0.3) is 0 Å². The monoisotopic (exact) mass is 437 g/mol. The molecule has 154 valence electrons. The molecule has 0 saturated carbocycles. The zero-order chi connectivity index (χ0) is 21.0. The van der Waals surface area contributed by atoms with Crippen molar-refractivity contribution in [2.75, 3.05) is 18.4 Å². The van der Waals surface area contributed by atoms with Crippen molar-refractivity contribution in [3.63, 3.8) is 0 Å². The molecule has 0 radical (unpaired) electrons. The van der Waals surface area contributed by atoms with Crippen LogP contribution in [0.15, 0.2) is 48.5 Å². The maximum Gasteiger partial charge on any atom is 0.271 e. The van der Waals surface area contributed by atoms with Crippen LogP contribution in [0.5, 0.6) is 0 Å². The summed E-state index contributed by atoms with van der Waals surface area (Å²) in [5.41, 5.74) is 0.765. The SMILES string of the molecule is O=C(Nc1cccc([N+](=O)[O-])c1)[C@@H]1CCCN(S(=O)(=O)Cc2cccc(Cl)c2)C1. The van der Waals surface area contributed by atoms with Gasteiger partial charge < -0.3 is 5.32 Å². The van der Waals surface area contributed by atoms with Crippen molar-refractivity contribution in [2.45, 2.75) is 18.6 Å². The van der Waals surface area contributed by atoms with Crippen LogP contribution >= 0.6 is 11.6 Å². The average molecular weight is 438 g/mol. The molecule has 0 spiro atoms. The van der Waals surface area contributed by atoms with Gasteiger partial charge in [0.05, 0.1) is 16.6 Å². The lowest BCUT2D eigenvalue weighted by Crippen LogP contribution is -2.44. The lowest BCUT2D eigenvalue weighted by Gasteiger charge is -2.31. The molecule has 3 rings (SSSR count). The first-order valence-electron chi connectivity index (χ1n) is 9.02. The van der Waals surface area contributed by atoms with E-state index in [0.29, 0.717) is 35.7 Å². The van der Waals surface area contributed by atoms with Crippen molar-refractivity contribution >= 4 is 38.9 Å². The Hall–Kier alpha value is -2.49. The van der Waals surface area contributed by atoms with E-state index in [1.165, 1.54) is 22.5 Å². The average Bonchev–Trinajstić information content (AvgIpc) is 2.68. The van der Waals surface area contributed by atoms with Crippen LogP contribution in [0.2, 0.25) is 5.02 Å². The second kappa shape index (κ2) is 8.89. The molecule has 2 aromatic rings. The minimum Gasteiger partial charge on any atom is -0.326 e. The van der Waals surface area contributed by atoms with E-state index in [1.54, 1.807) is 30.3 Å². The fourth-order valence-electron chi connectivity index (χ4n) is 3.28. The third-order valence-corrected chi connectivity index (χ3v) is 6.76. The minimum absolute atomic E-state index is 0.0731. The number of nitro groups is 1. The number of halogens is 1. The maximum atomic E-state index is 12.8. The summed E-state index contributed by atoms with van der Waals surface area (Å²) in [6.45, 7) is 0.424. The Bertz CT molecular complexity index is 1030. The lowest BCUT2D eigenvalue weighted by molar-refractivity contribution is -0.384. The van der Waals surface area contributed by atoms with Crippen molar-refractivity contribution in [1.29, 1.82) is 0 Å². The largest absolute Gasteiger partial charge is 0.326 e. The van der Waals surface area contributed by atoms with Crippen LogP contribution in [0.4, 0.5) is 11.4 Å². The van der Waals surface area contributed by atoms with Gasteiger partial charge in [0, 0.05) is 35.9 Å². The second-order valence-electron chi connectivity index (χ2n) is 6.88. The van der Waals surface area contributed by atoms with Crippen LogP contribution in [0, 0.1) is 16.0 Å². The number of hydrogen-bond acceptors (Lipinski definition) is 5. The molecule has 1 heterocycles. The molecule has 1 N–H and O–H groups in total. The number of rotatable bonds is 6. The van der Waals surface area contributed by atoms with Crippen LogP contribution in [0.1, 0.15) is 18.4 Å². The molecule has 1 saturated heterocycles. The number of sulfonamides is 1. The smallest absolute Gasteiger partial charge is 0.271 e. The summed E-state index contributed by atoms with van der Waals surface area (Å²) in [6.07, 6.45) is 1.10. The lowest BCUT2D eigenvalue weighted by atomic mass is 9.98. The first kappa shape index (κ1) is 21.2. The number of carbonyl (C=O) groups is 1. The first-order chi connectivity index (χ1) is 13.7. The van der Waals surface area contributed by atoms with Crippen molar-refractivity contribution in [3.8, 4) is 0 Å². The Morgan fingerprint density at radius 3 is 2.72 bits per heavy atom. The normalized spacial score (nSPS) is 17.6. The number of nitrogens with one attached hydrogen (secondary N) is 1. The predicted octanol–water partition coefficient (Wildman–Crippen LogP) is 3.43. The highest BCUT2D eigenvalue weighted by atomic mass is 35.5. The van der Waals surface area contributed by atoms with E-state index in [2.05, 4.69) is 5.32 Å². The van der Waals surface area contributed by atoms with Gasteiger partial charge in [-0.25, -0.2) is 12.7 Å². The minimum atomic E-state index is -3.61. The number of hydrogen-bond donors (Lipinski definition) is 1. The summed E-state index contributed by atoms with van der Waals surface area (Å²) in [6, 6.07) is 12.3. The summed E-state index contributed by atoms with van der Waals surface area (Å²) in [7, 11) is -3.61. The maximum absolute atomic E-state index is 12.8. The Morgan fingerprint density at radius 2 is 2.00 bits per heavy atom. The van der Waals surface area contributed by atoms with Crippen molar-refractivity contribution in [2.24, 2.45) is 5.92 Å². The molecule has 1 aliphatic heterocycles. The summed E-state index contributed by atoms with van der Waals surface area (Å²) in [4.78, 5) is 22.9. The molecule has 10 heteroatoms. The van der Waals surface area contributed by atoms with Gasteiger partial charge in [-0.1, -0.05) is 29.8 Å². The highest BCUT2D eigenvalue weighted by Crippen LogP contribution is 2.24. The van der Waals surface area contributed by atoms with Crippen molar-refractivity contribution in [3.05, 3.63) is 69.2 Å². The summed E-state index contributed by atoms with van der Waals surface area (Å²) in [5.74, 6) is -1.07. The van der Waals surface area contributed by atoms with E-state index in [4.69, 9.17) is 11.6 Å². The van der Waals surface area contributed by atoms with Gasteiger partial charge in [-0.05, 0) is 36.6 Å². The Balaban J connectivity index is 1.67. The number of carbonyl (C=O) groups excluding carboxylic acids is 1. The topological polar surface area (TPSA) is 110 Å². The van der Waals surface area contributed by atoms with Gasteiger partial charge >= 0.3 is 0 Å². The molecule has 0 unspecified atom stereocenters. The molecule has 0 aliphatic carbocycles. The molecular formula is C19H20ClN3O5S. The molecule has 0 aromatic heterocycles. The summed E-state index contributed by atoms with van der Waals surface area (Å²) in [5, 5.41) is 14.0. The second-order valence-corrected chi connectivity index (χ2v) is 9.29. The van der Waals surface area contributed by atoms with E-state index < -0.39 is 20.9 Å². The fraction of sp³-hybridized carbons (Fsp3) is 0.316. The number of benzene rings is 2. The van der Waals surface area contributed by atoms with Crippen LogP contribution in [-0.4, -0.2) is 36.6 Å². The molecular weight excluding hydrogens is 418 g/mol. The highest BCUT2D eigenvalue weighted by Gasteiger charge is 2.32. The zero-order valence-electron chi connectivity index (χ0n) is 15.5. The Kier molecular flexibility index (Phi) is 6.51. The molecule has 8 nitrogen and oxygen atoms in total. The van der Waals surface area contributed by atoms with Crippen LogP contribution in [-0.2, 0) is 20.6 Å².